The molecule has 2 atom stereocenters. The minimum Gasteiger partial charge on any atom is -0.507 e. The molecule has 0 amide bonds. The van der Waals surface area contributed by atoms with Gasteiger partial charge in [-0.05, 0) is 17.7 Å². The predicted molar refractivity (Wildman–Crippen MR) is 87.2 cm³/mol. The molecule has 3 aromatic rings. The van der Waals surface area contributed by atoms with Crippen molar-refractivity contribution >= 4 is 17.0 Å². The van der Waals surface area contributed by atoms with Crippen molar-refractivity contribution in [1.82, 2.24) is 0 Å². The highest BCUT2D eigenvalue weighted by atomic mass is 16.6. The number of phenols is 1. The van der Waals surface area contributed by atoms with Gasteiger partial charge < -0.3 is 14.3 Å². The summed E-state index contributed by atoms with van der Waals surface area (Å²) in [6.07, 6.45) is 3.57. The topological polar surface area (TPSA) is 63.0 Å². The van der Waals surface area contributed by atoms with E-state index >= 15 is 0 Å². The lowest BCUT2D eigenvalue weighted by atomic mass is 10.1. The van der Waals surface area contributed by atoms with E-state index in [4.69, 9.17) is 9.15 Å². The van der Waals surface area contributed by atoms with Crippen LogP contribution in [0.1, 0.15) is 17.4 Å². The van der Waals surface area contributed by atoms with E-state index < -0.39 is 0 Å². The van der Waals surface area contributed by atoms with Crippen molar-refractivity contribution in [2.75, 3.05) is 0 Å². The van der Waals surface area contributed by atoms with Crippen LogP contribution in [0.3, 0.4) is 0 Å². The molecule has 2 aromatic carbocycles. The van der Waals surface area contributed by atoms with Crippen molar-refractivity contribution in [2.24, 2.45) is 0 Å². The second kappa shape index (κ2) is 5.41. The molecule has 0 aliphatic carbocycles. The standard InChI is InChI=1S/C19H14O4/c20-13-7-4-8-15-18(13)14(21)11-17(22-15)19-16(23-19)10-9-12-5-2-1-3-6-12/h1-11,16,19-20H/b10-9+/t16-,19+/m0/s1. The van der Waals surface area contributed by atoms with Crippen LogP contribution < -0.4 is 5.43 Å². The van der Waals surface area contributed by atoms with Gasteiger partial charge in [-0.25, -0.2) is 0 Å². The highest BCUT2D eigenvalue weighted by Crippen LogP contribution is 2.40. The number of epoxide rings is 1. The van der Waals surface area contributed by atoms with Gasteiger partial charge in [0.1, 0.15) is 34.7 Å². The maximum atomic E-state index is 12.1. The summed E-state index contributed by atoms with van der Waals surface area (Å²) in [6, 6.07) is 16.1. The molecule has 4 nitrogen and oxygen atoms in total. The zero-order valence-electron chi connectivity index (χ0n) is 12.2. The lowest BCUT2D eigenvalue weighted by Crippen LogP contribution is -2.02. The van der Waals surface area contributed by atoms with E-state index in [1.165, 1.54) is 12.1 Å². The molecule has 1 aromatic heterocycles. The molecule has 0 bridgehead atoms. The summed E-state index contributed by atoms with van der Waals surface area (Å²) in [7, 11) is 0. The number of benzene rings is 2. The van der Waals surface area contributed by atoms with Crippen molar-refractivity contribution in [3.8, 4) is 5.75 Å². The van der Waals surface area contributed by atoms with Gasteiger partial charge in [0.2, 0.25) is 0 Å². The second-order valence-electron chi connectivity index (χ2n) is 5.45. The predicted octanol–water partition coefficient (Wildman–Crippen LogP) is 3.65. The normalized spacial score (nSPS) is 20.2. The lowest BCUT2D eigenvalue weighted by molar-refractivity contribution is 0.362. The third-order valence-electron chi connectivity index (χ3n) is 3.84. The third-order valence-corrected chi connectivity index (χ3v) is 3.84. The van der Waals surface area contributed by atoms with Gasteiger partial charge in [-0.3, -0.25) is 4.79 Å². The molecular weight excluding hydrogens is 292 g/mol. The zero-order valence-corrected chi connectivity index (χ0v) is 12.2. The average Bonchev–Trinajstić information content (AvgIpc) is 3.33. The van der Waals surface area contributed by atoms with Crippen LogP contribution in [-0.4, -0.2) is 11.2 Å². The molecule has 0 saturated carbocycles. The summed E-state index contributed by atoms with van der Waals surface area (Å²) in [5, 5.41) is 9.96. The van der Waals surface area contributed by atoms with E-state index in [0.717, 1.165) is 5.56 Å². The van der Waals surface area contributed by atoms with Gasteiger partial charge in [-0.15, -0.1) is 0 Å². The van der Waals surface area contributed by atoms with Crippen LogP contribution in [0.5, 0.6) is 5.75 Å². The Kier molecular flexibility index (Phi) is 3.24. The van der Waals surface area contributed by atoms with Crippen LogP contribution >= 0.6 is 0 Å². The number of ether oxygens (including phenoxy) is 1. The van der Waals surface area contributed by atoms with Crippen molar-refractivity contribution in [2.45, 2.75) is 12.2 Å². The smallest absolute Gasteiger partial charge is 0.196 e. The monoisotopic (exact) mass is 306 g/mol. The largest absolute Gasteiger partial charge is 0.507 e. The summed E-state index contributed by atoms with van der Waals surface area (Å²) in [5.74, 6) is 0.413. The lowest BCUT2D eigenvalue weighted by Gasteiger charge is -2.01. The Balaban J connectivity index is 1.60. The highest BCUT2D eigenvalue weighted by Gasteiger charge is 2.40. The van der Waals surface area contributed by atoms with Crippen molar-refractivity contribution in [3.05, 3.63) is 82.2 Å². The van der Waals surface area contributed by atoms with Crippen molar-refractivity contribution < 1.29 is 14.3 Å². The quantitative estimate of drug-likeness (QED) is 0.750. The second-order valence-corrected chi connectivity index (χ2v) is 5.45. The molecule has 4 heteroatoms. The summed E-state index contributed by atoms with van der Waals surface area (Å²) >= 11 is 0. The molecular formula is C19H14O4. The van der Waals surface area contributed by atoms with E-state index in [2.05, 4.69) is 0 Å². The highest BCUT2D eigenvalue weighted by molar-refractivity contribution is 5.82. The van der Waals surface area contributed by atoms with Crippen molar-refractivity contribution in [1.29, 1.82) is 0 Å². The molecule has 1 N–H and O–H groups in total. The van der Waals surface area contributed by atoms with Crippen LogP contribution in [0, 0.1) is 0 Å². The molecule has 0 radical (unpaired) electrons. The molecule has 1 fully saturated rings. The maximum absolute atomic E-state index is 12.1. The number of rotatable bonds is 3. The summed E-state index contributed by atoms with van der Waals surface area (Å²) in [5.41, 5.74) is 1.20. The molecule has 0 spiro atoms. The Morgan fingerprint density at radius 2 is 1.87 bits per heavy atom. The Hall–Kier alpha value is -2.85. The van der Waals surface area contributed by atoms with E-state index in [1.54, 1.807) is 12.1 Å². The Morgan fingerprint density at radius 1 is 1.04 bits per heavy atom. The molecule has 4 rings (SSSR count). The number of fused-ring (bicyclic) bond motifs is 1. The first-order valence-electron chi connectivity index (χ1n) is 7.37. The number of aromatic hydroxyl groups is 1. The molecule has 23 heavy (non-hydrogen) atoms. The van der Waals surface area contributed by atoms with Gasteiger partial charge in [0, 0.05) is 6.07 Å². The minimum absolute atomic E-state index is 0.0694. The fourth-order valence-corrected chi connectivity index (χ4v) is 2.62. The first-order valence-corrected chi connectivity index (χ1v) is 7.37. The first-order chi connectivity index (χ1) is 11.2. The fraction of sp³-hybridized carbons (Fsp3) is 0.105. The average molecular weight is 306 g/mol. The van der Waals surface area contributed by atoms with E-state index in [-0.39, 0.29) is 28.8 Å². The van der Waals surface area contributed by atoms with Gasteiger partial charge in [-0.2, -0.15) is 0 Å². The molecule has 114 valence electrons. The number of hydrogen-bond acceptors (Lipinski definition) is 4. The maximum Gasteiger partial charge on any atom is 0.196 e. The van der Waals surface area contributed by atoms with Crippen LogP contribution in [0.4, 0.5) is 0 Å². The SMILES string of the molecule is O=c1cc([C@@H]2O[C@H]2/C=C/c2ccccc2)oc2cccc(O)c12. The van der Waals surface area contributed by atoms with Gasteiger partial charge >= 0.3 is 0 Å². The Labute approximate surface area is 132 Å². The zero-order chi connectivity index (χ0) is 15.8. The van der Waals surface area contributed by atoms with Gasteiger partial charge in [-0.1, -0.05) is 48.6 Å². The van der Waals surface area contributed by atoms with Crippen LogP contribution in [0.25, 0.3) is 17.0 Å². The third kappa shape index (κ3) is 2.64. The fourth-order valence-electron chi connectivity index (χ4n) is 2.62. The number of phenolic OH excluding ortho intramolecular Hbond substituents is 1. The molecule has 1 aliphatic heterocycles. The van der Waals surface area contributed by atoms with E-state index in [1.807, 2.05) is 42.5 Å². The number of hydrogen-bond donors (Lipinski definition) is 1. The first kappa shape index (κ1) is 13.8. The van der Waals surface area contributed by atoms with Crippen LogP contribution in [-0.2, 0) is 4.74 Å². The summed E-state index contributed by atoms with van der Waals surface area (Å²) < 4.78 is 11.3. The van der Waals surface area contributed by atoms with Crippen LogP contribution in [0.15, 0.2) is 69.9 Å². The molecule has 1 aliphatic rings. The van der Waals surface area contributed by atoms with Gasteiger partial charge in [0.25, 0.3) is 0 Å². The van der Waals surface area contributed by atoms with Gasteiger partial charge in [0.05, 0.1) is 0 Å². The molecule has 2 heterocycles. The van der Waals surface area contributed by atoms with Gasteiger partial charge in [0.15, 0.2) is 5.43 Å². The van der Waals surface area contributed by atoms with E-state index in [9.17, 15) is 9.90 Å². The molecule has 0 unspecified atom stereocenters. The Morgan fingerprint density at radius 3 is 2.70 bits per heavy atom. The van der Waals surface area contributed by atoms with E-state index in [0.29, 0.717) is 11.3 Å². The minimum atomic E-state index is -0.263. The molecule has 1 saturated heterocycles. The Bertz CT molecular complexity index is 940. The van der Waals surface area contributed by atoms with Crippen molar-refractivity contribution in [3.63, 3.8) is 0 Å². The van der Waals surface area contributed by atoms with Crippen LogP contribution in [0.2, 0.25) is 0 Å². The summed E-state index contributed by atoms with van der Waals surface area (Å²) in [6.45, 7) is 0. The summed E-state index contributed by atoms with van der Waals surface area (Å²) in [4.78, 5) is 12.1.